The molecule has 0 aromatic carbocycles. The summed E-state index contributed by atoms with van der Waals surface area (Å²) in [4.78, 5) is 12.2. The first kappa shape index (κ1) is 18.8. The molecular weight excluding hydrogens is 358 g/mol. The molecule has 3 aromatic rings. The molecular formula is C19H27N7O2. The number of hydrogen-bond donors (Lipinski definition) is 0. The molecule has 1 aliphatic rings. The number of anilines is 1. The summed E-state index contributed by atoms with van der Waals surface area (Å²) in [6.45, 7) is 10.4. The van der Waals surface area contributed by atoms with Gasteiger partial charge < -0.3 is 9.64 Å². The summed E-state index contributed by atoms with van der Waals surface area (Å²) in [6.07, 6.45) is 4.08. The van der Waals surface area contributed by atoms with E-state index in [9.17, 15) is 0 Å². The van der Waals surface area contributed by atoms with Crippen LogP contribution in [0.4, 0.5) is 5.82 Å². The number of hydrogen-bond acceptors (Lipinski definition) is 8. The van der Waals surface area contributed by atoms with E-state index in [-0.39, 0.29) is 5.41 Å². The van der Waals surface area contributed by atoms with Crippen molar-refractivity contribution in [1.82, 2.24) is 30.1 Å². The van der Waals surface area contributed by atoms with E-state index in [0.29, 0.717) is 19.2 Å². The molecule has 0 N–H and O–H groups in total. The number of ether oxygens (including phenoxy) is 1. The predicted octanol–water partition coefficient (Wildman–Crippen LogP) is 2.48. The third kappa shape index (κ3) is 3.34. The van der Waals surface area contributed by atoms with E-state index in [0.717, 1.165) is 53.4 Å². The highest BCUT2D eigenvalue weighted by atomic mass is 16.6. The minimum absolute atomic E-state index is 0.181. The molecule has 0 saturated carbocycles. The van der Waals surface area contributed by atoms with E-state index in [1.54, 1.807) is 7.11 Å². The summed E-state index contributed by atoms with van der Waals surface area (Å²) in [5.74, 6) is 1.74. The van der Waals surface area contributed by atoms with Gasteiger partial charge in [-0.25, -0.2) is 19.3 Å². The lowest BCUT2D eigenvalue weighted by Gasteiger charge is -2.27. The molecule has 0 radical (unpaired) electrons. The maximum absolute atomic E-state index is 5.44. The van der Waals surface area contributed by atoms with Gasteiger partial charge in [-0.2, -0.15) is 5.10 Å². The van der Waals surface area contributed by atoms with Crippen LogP contribution in [0.3, 0.4) is 0 Å². The smallest absolute Gasteiger partial charge is 0.164 e. The van der Waals surface area contributed by atoms with Crippen LogP contribution >= 0.6 is 0 Å². The topological polar surface area (TPSA) is 95.0 Å². The zero-order chi connectivity index (χ0) is 19.9. The van der Waals surface area contributed by atoms with Crippen LogP contribution in [-0.2, 0) is 16.7 Å². The van der Waals surface area contributed by atoms with Crippen molar-refractivity contribution < 1.29 is 9.37 Å². The average molecular weight is 385 g/mol. The molecule has 3 aromatic heterocycles. The van der Waals surface area contributed by atoms with Gasteiger partial charge in [0, 0.05) is 19.1 Å². The molecule has 0 aliphatic carbocycles. The molecule has 0 spiro atoms. The second-order valence-electron chi connectivity index (χ2n) is 8.40. The summed E-state index contributed by atoms with van der Waals surface area (Å²) >= 11 is 0. The zero-order valence-electron chi connectivity index (χ0n) is 17.1. The minimum Gasteiger partial charge on any atom is -0.383 e. The fourth-order valence-electron chi connectivity index (χ4n) is 3.63. The van der Waals surface area contributed by atoms with Crippen LogP contribution in [0, 0.1) is 6.92 Å². The van der Waals surface area contributed by atoms with Crippen LogP contribution in [0.1, 0.15) is 50.8 Å². The molecule has 4 heterocycles. The van der Waals surface area contributed by atoms with Gasteiger partial charge in [-0.3, -0.25) is 0 Å². The van der Waals surface area contributed by atoms with E-state index in [4.69, 9.17) is 19.3 Å². The van der Waals surface area contributed by atoms with E-state index >= 15 is 0 Å². The Morgan fingerprint density at radius 2 is 2.07 bits per heavy atom. The van der Waals surface area contributed by atoms with Gasteiger partial charge in [0.25, 0.3) is 0 Å². The summed E-state index contributed by atoms with van der Waals surface area (Å²) in [5, 5.41) is 13.4. The van der Waals surface area contributed by atoms with Crippen LogP contribution in [0.5, 0.6) is 0 Å². The van der Waals surface area contributed by atoms with Crippen molar-refractivity contribution in [2.75, 3.05) is 25.2 Å². The van der Waals surface area contributed by atoms with E-state index in [1.165, 1.54) is 0 Å². The molecule has 9 heteroatoms. The van der Waals surface area contributed by atoms with Gasteiger partial charge in [-0.15, -0.1) is 0 Å². The Labute approximate surface area is 164 Å². The first-order valence-electron chi connectivity index (χ1n) is 9.66. The minimum atomic E-state index is -0.181. The van der Waals surface area contributed by atoms with Gasteiger partial charge in [0.2, 0.25) is 0 Å². The molecule has 9 nitrogen and oxygen atoms in total. The molecule has 1 fully saturated rings. The van der Waals surface area contributed by atoms with Gasteiger partial charge in [-0.1, -0.05) is 31.1 Å². The Balaban J connectivity index is 1.83. The van der Waals surface area contributed by atoms with Crippen molar-refractivity contribution in [2.45, 2.75) is 58.5 Å². The maximum Gasteiger partial charge on any atom is 0.164 e. The number of rotatable bonds is 5. The zero-order valence-corrected chi connectivity index (χ0v) is 17.1. The second-order valence-corrected chi connectivity index (χ2v) is 8.40. The van der Waals surface area contributed by atoms with Crippen molar-refractivity contribution in [2.24, 2.45) is 0 Å². The van der Waals surface area contributed by atoms with Crippen LogP contribution in [0.2, 0.25) is 0 Å². The third-order valence-corrected chi connectivity index (χ3v) is 5.20. The number of aryl methyl sites for hydroxylation is 1. The SMILES string of the molecule is COC[C@H]1CCCN1c1nc(C(C)(C)C)nc2c1cnn2Cc1nonc1C. The Morgan fingerprint density at radius 3 is 2.75 bits per heavy atom. The standard InChI is InChI=1S/C19H27N7O2/c1-12-15(24-28-23-12)10-26-17-14(9-20-26)16(21-18(22-17)19(2,3)4)25-8-6-7-13(25)11-27-5/h9,13H,6-8,10-11H2,1-5H3/t13-/m1/s1. The second kappa shape index (κ2) is 7.12. The summed E-state index contributed by atoms with van der Waals surface area (Å²) in [7, 11) is 1.75. The van der Waals surface area contributed by atoms with Gasteiger partial charge in [0.1, 0.15) is 23.0 Å². The van der Waals surface area contributed by atoms with Crippen LogP contribution < -0.4 is 4.90 Å². The Kier molecular flexibility index (Phi) is 4.78. The molecule has 28 heavy (non-hydrogen) atoms. The van der Waals surface area contributed by atoms with E-state index < -0.39 is 0 Å². The highest BCUT2D eigenvalue weighted by Crippen LogP contribution is 2.32. The molecule has 1 atom stereocenters. The van der Waals surface area contributed by atoms with Gasteiger partial charge in [0.15, 0.2) is 5.65 Å². The molecule has 4 rings (SSSR count). The van der Waals surface area contributed by atoms with E-state index in [1.807, 2.05) is 17.8 Å². The molecule has 0 amide bonds. The normalized spacial score (nSPS) is 17.8. The number of nitrogens with zero attached hydrogens (tertiary/aromatic N) is 7. The molecule has 0 unspecified atom stereocenters. The van der Waals surface area contributed by atoms with Gasteiger partial charge >= 0.3 is 0 Å². The number of aromatic nitrogens is 6. The monoisotopic (exact) mass is 385 g/mol. The average Bonchev–Trinajstić information content (AvgIpc) is 3.36. The Bertz CT molecular complexity index is 972. The number of fused-ring (bicyclic) bond motifs is 1. The number of methoxy groups -OCH3 is 1. The lowest BCUT2D eigenvalue weighted by molar-refractivity contribution is 0.180. The Morgan fingerprint density at radius 1 is 1.25 bits per heavy atom. The lowest BCUT2D eigenvalue weighted by atomic mass is 9.95. The van der Waals surface area contributed by atoms with Gasteiger partial charge in [-0.05, 0) is 19.8 Å². The highest BCUT2D eigenvalue weighted by Gasteiger charge is 2.30. The van der Waals surface area contributed by atoms with Crippen LogP contribution in [-0.4, -0.2) is 56.4 Å². The lowest BCUT2D eigenvalue weighted by Crippen LogP contribution is -2.34. The van der Waals surface area contributed by atoms with Crippen molar-refractivity contribution in [3.8, 4) is 0 Å². The molecule has 1 saturated heterocycles. The van der Waals surface area contributed by atoms with Crippen molar-refractivity contribution in [3.05, 3.63) is 23.4 Å². The predicted molar refractivity (Wildman–Crippen MR) is 104 cm³/mol. The van der Waals surface area contributed by atoms with Crippen molar-refractivity contribution >= 4 is 16.9 Å². The summed E-state index contributed by atoms with van der Waals surface area (Å²) in [6, 6.07) is 0.321. The summed E-state index contributed by atoms with van der Waals surface area (Å²) in [5.41, 5.74) is 2.13. The van der Waals surface area contributed by atoms with Crippen LogP contribution in [0.25, 0.3) is 11.0 Å². The third-order valence-electron chi connectivity index (χ3n) is 5.20. The largest absolute Gasteiger partial charge is 0.383 e. The molecule has 1 aliphatic heterocycles. The van der Waals surface area contributed by atoms with Crippen LogP contribution in [0.15, 0.2) is 10.8 Å². The fraction of sp³-hybridized carbons (Fsp3) is 0.632. The van der Waals surface area contributed by atoms with Gasteiger partial charge in [0.05, 0.1) is 30.8 Å². The highest BCUT2D eigenvalue weighted by molar-refractivity contribution is 5.87. The summed E-state index contributed by atoms with van der Waals surface area (Å²) < 4.78 is 12.1. The quantitative estimate of drug-likeness (QED) is 0.661. The molecule has 150 valence electrons. The first-order valence-corrected chi connectivity index (χ1v) is 9.66. The fourth-order valence-corrected chi connectivity index (χ4v) is 3.63. The molecule has 0 bridgehead atoms. The maximum atomic E-state index is 5.44. The van der Waals surface area contributed by atoms with Crippen molar-refractivity contribution in [1.29, 1.82) is 0 Å². The van der Waals surface area contributed by atoms with Crippen molar-refractivity contribution in [3.63, 3.8) is 0 Å². The first-order chi connectivity index (χ1) is 13.4. The Hall–Kier alpha value is -2.55. The van der Waals surface area contributed by atoms with E-state index in [2.05, 4.69) is 41.1 Å².